The third-order valence-corrected chi connectivity index (χ3v) is 3.37. The highest BCUT2D eigenvalue weighted by molar-refractivity contribution is 14.0. The molecule has 22 heavy (non-hydrogen) atoms. The van der Waals surface area contributed by atoms with E-state index in [4.69, 9.17) is 5.73 Å². The number of rotatable bonds is 6. The Morgan fingerprint density at radius 2 is 1.82 bits per heavy atom. The van der Waals surface area contributed by atoms with Gasteiger partial charge >= 0.3 is 6.18 Å². The number of halogens is 4. The van der Waals surface area contributed by atoms with Crippen LogP contribution >= 0.6 is 24.0 Å². The predicted octanol–water partition coefficient (Wildman–Crippen LogP) is 3.71. The molecule has 1 fully saturated rings. The van der Waals surface area contributed by atoms with Crippen molar-refractivity contribution in [1.82, 2.24) is 5.32 Å². The summed E-state index contributed by atoms with van der Waals surface area (Å²) < 4.78 is 37.2. The normalized spacial score (nSPS) is 15.3. The van der Waals surface area contributed by atoms with Crippen molar-refractivity contribution in [3.8, 4) is 0 Å². The Balaban J connectivity index is 0.00000242. The van der Waals surface area contributed by atoms with Crippen molar-refractivity contribution in [2.45, 2.75) is 44.3 Å². The van der Waals surface area contributed by atoms with E-state index in [1.54, 1.807) is 0 Å². The molecule has 2 rings (SSSR count). The summed E-state index contributed by atoms with van der Waals surface area (Å²) in [6.07, 6.45) is 0.552. The van der Waals surface area contributed by atoms with Crippen LogP contribution < -0.4 is 11.1 Å². The first-order chi connectivity index (χ1) is 9.95. The molecule has 3 nitrogen and oxygen atoms in total. The van der Waals surface area contributed by atoms with Gasteiger partial charge < -0.3 is 11.1 Å². The maximum Gasteiger partial charge on any atom is 0.416 e. The summed E-state index contributed by atoms with van der Waals surface area (Å²) in [7, 11) is 0. The fourth-order valence-electron chi connectivity index (χ4n) is 1.98. The number of guanidine groups is 1. The number of hydrogen-bond donors (Lipinski definition) is 2. The molecular weight excluding hydrogens is 406 g/mol. The first-order valence-electron chi connectivity index (χ1n) is 7.18. The molecule has 0 radical (unpaired) electrons. The Bertz CT molecular complexity index is 482. The lowest BCUT2D eigenvalue weighted by molar-refractivity contribution is -0.137. The van der Waals surface area contributed by atoms with Crippen LogP contribution in [0.2, 0.25) is 0 Å². The lowest BCUT2D eigenvalue weighted by Gasteiger charge is -2.07. The Labute approximate surface area is 145 Å². The van der Waals surface area contributed by atoms with Crippen molar-refractivity contribution in [2.24, 2.45) is 10.7 Å². The molecule has 0 heterocycles. The van der Waals surface area contributed by atoms with Gasteiger partial charge in [-0.2, -0.15) is 13.2 Å². The number of nitrogens with two attached hydrogens (primary N) is 1. The van der Waals surface area contributed by atoms with Crippen molar-refractivity contribution in [3.63, 3.8) is 0 Å². The predicted molar refractivity (Wildman–Crippen MR) is 92.4 cm³/mol. The number of hydrogen-bond acceptors (Lipinski definition) is 1. The molecule has 1 aliphatic rings. The smallest absolute Gasteiger partial charge is 0.370 e. The van der Waals surface area contributed by atoms with Gasteiger partial charge in [-0.15, -0.1) is 24.0 Å². The van der Waals surface area contributed by atoms with E-state index in [0.29, 0.717) is 18.5 Å². The SMILES string of the molecule is I.NC(=NCCCCc1ccc(C(F)(F)F)cc1)NC1CC1. The average Bonchev–Trinajstić information content (AvgIpc) is 3.22. The maximum absolute atomic E-state index is 12.4. The average molecular weight is 427 g/mol. The van der Waals surface area contributed by atoms with Crippen molar-refractivity contribution in [1.29, 1.82) is 0 Å². The highest BCUT2D eigenvalue weighted by Crippen LogP contribution is 2.29. The lowest BCUT2D eigenvalue weighted by atomic mass is 10.1. The zero-order valence-corrected chi connectivity index (χ0v) is 14.5. The zero-order chi connectivity index (χ0) is 15.3. The fourth-order valence-corrected chi connectivity index (χ4v) is 1.98. The minimum absolute atomic E-state index is 0. The largest absolute Gasteiger partial charge is 0.416 e. The molecule has 0 atom stereocenters. The molecule has 0 unspecified atom stereocenters. The van der Waals surface area contributed by atoms with Gasteiger partial charge in [-0.3, -0.25) is 4.99 Å². The second-order valence-corrected chi connectivity index (χ2v) is 5.34. The van der Waals surface area contributed by atoms with Gasteiger partial charge in [0.05, 0.1) is 5.56 Å². The number of nitrogens with one attached hydrogen (secondary N) is 1. The summed E-state index contributed by atoms with van der Waals surface area (Å²) in [6.45, 7) is 0.645. The van der Waals surface area contributed by atoms with Gasteiger partial charge in [0.25, 0.3) is 0 Å². The van der Waals surface area contributed by atoms with E-state index >= 15 is 0 Å². The number of unbranched alkanes of at least 4 members (excludes halogenated alkanes) is 1. The molecule has 0 spiro atoms. The van der Waals surface area contributed by atoms with Crippen LogP contribution in [0.15, 0.2) is 29.3 Å². The molecule has 0 bridgehead atoms. The maximum atomic E-state index is 12.4. The molecule has 0 aliphatic heterocycles. The van der Waals surface area contributed by atoms with Crippen LogP contribution in [0.25, 0.3) is 0 Å². The van der Waals surface area contributed by atoms with Crippen LogP contribution in [-0.4, -0.2) is 18.5 Å². The monoisotopic (exact) mass is 427 g/mol. The third kappa shape index (κ3) is 6.85. The summed E-state index contributed by atoms with van der Waals surface area (Å²) in [5.41, 5.74) is 6.01. The van der Waals surface area contributed by atoms with E-state index in [1.807, 2.05) is 0 Å². The molecular formula is C15H21F3IN3. The summed E-state index contributed by atoms with van der Waals surface area (Å²) in [6, 6.07) is 5.83. The Hall–Kier alpha value is -0.990. The van der Waals surface area contributed by atoms with Crippen LogP contribution in [0.1, 0.15) is 36.8 Å². The number of aliphatic imine (C=N–C) groups is 1. The van der Waals surface area contributed by atoms with E-state index < -0.39 is 11.7 Å². The van der Waals surface area contributed by atoms with E-state index in [0.717, 1.165) is 49.8 Å². The van der Waals surface area contributed by atoms with Crippen molar-refractivity contribution < 1.29 is 13.2 Å². The molecule has 0 saturated heterocycles. The van der Waals surface area contributed by atoms with Crippen molar-refractivity contribution in [2.75, 3.05) is 6.54 Å². The second kappa shape index (κ2) is 8.59. The number of benzene rings is 1. The van der Waals surface area contributed by atoms with Gasteiger partial charge in [0.2, 0.25) is 0 Å². The number of alkyl halides is 3. The van der Waals surface area contributed by atoms with E-state index in [9.17, 15) is 13.2 Å². The minimum Gasteiger partial charge on any atom is -0.370 e. The van der Waals surface area contributed by atoms with E-state index in [1.165, 1.54) is 12.1 Å². The van der Waals surface area contributed by atoms with Gasteiger partial charge in [-0.05, 0) is 49.8 Å². The van der Waals surface area contributed by atoms with Crippen LogP contribution in [0.4, 0.5) is 13.2 Å². The highest BCUT2D eigenvalue weighted by Gasteiger charge is 2.29. The Kier molecular flexibility index (Phi) is 7.44. The van der Waals surface area contributed by atoms with Gasteiger partial charge in [-0.25, -0.2) is 0 Å². The lowest BCUT2D eigenvalue weighted by Crippen LogP contribution is -2.33. The van der Waals surface area contributed by atoms with Crippen LogP contribution in [0.5, 0.6) is 0 Å². The van der Waals surface area contributed by atoms with E-state index in [-0.39, 0.29) is 24.0 Å². The summed E-state index contributed by atoms with van der Waals surface area (Å²) in [5.74, 6) is 0.493. The second-order valence-electron chi connectivity index (χ2n) is 5.34. The molecule has 0 amide bonds. The van der Waals surface area contributed by atoms with Crippen LogP contribution in [0.3, 0.4) is 0 Å². The third-order valence-electron chi connectivity index (χ3n) is 3.37. The molecule has 3 N–H and O–H groups in total. The first-order valence-corrected chi connectivity index (χ1v) is 7.18. The van der Waals surface area contributed by atoms with Gasteiger partial charge in [-0.1, -0.05) is 12.1 Å². The van der Waals surface area contributed by atoms with Crippen molar-refractivity contribution >= 4 is 29.9 Å². The quantitative estimate of drug-likeness (QED) is 0.315. The number of nitrogens with zero attached hydrogens (tertiary/aromatic N) is 1. The zero-order valence-electron chi connectivity index (χ0n) is 12.2. The van der Waals surface area contributed by atoms with E-state index in [2.05, 4.69) is 10.3 Å². The Morgan fingerprint density at radius 3 is 2.36 bits per heavy atom. The standard InChI is InChI=1S/C15H20F3N3.HI/c16-15(17,18)12-6-4-11(5-7-12)3-1-2-10-20-14(19)21-13-8-9-13;/h4-7,13H,1-3,8-10H2,(H3,19,20,21);1H. The summed E-state index contributed by atoms with van der Waals surface area (Å²) in [5, 5.41) is 3.10. The van der Waals surface area contributed by atoms with Crippen molar-refractivity contribution in [3.05, 3.63) is 35.4 Å². The first kappa shape index (κ1) is 19.1. The summed E-state index contributed by atoms with van der Waals surface area (Å²) in [4.78, 5) is 4.22. The van der Waals surface area contributed by atoms with Gasteiger partial charge in [0, 0.05) is 12.6 Å². The van der Waals surface area contributed by atoms with Crippen LogP contribution in [0, 0.1) is 0 Å². The van der Waals surface area contributed by atoms with Crippen LogP contribution in [-0.2, 0) is 12.6 Å². The molecule has 7 heteroatoms. The highest BCUT2D eigenvalue weighted by atomic mass is 127. The summed E-state index contributed by atoms with van der Waals surface area (Å²) >= 11 is 0. The van der Waals surface area contributed by atoms with Gasteiger partial charge in [0.15, 0.2) is 5.96 Å². The molecule has 1 aromatic carbocycles. The fraction of sp³-hybridized carbons (Fsp3) is 0.533. The number of aryl methyl sites for hydroxylation is 1. The minimum atomic E-state index is -4.26. The molecule has 1 saturated carbocycles. The Morgan fingerprint density at radius 1 is 1.18 bits per heavy atom. The molecule has 1 aliphatic carbocycles. The molecule has 0 aromatic heterocycles. The van der Waals surface area contributed by atoms with Gasteiger partial charge in [0.1, 0.15) is 0 Å². The topological polar surface area (TPSA) is 50.4 Å². The molecule has 1 aromatic rings. The molecule has 124 valence electrons.